The van der Waals surface area contributed by atoms with E-state index in [1.807, 2.05) is 19.1 Å². The van der Waals surface area contributed by atoms with Crippen molar-refractivity contribution in [2.24, 2.45) is 0 Å². The molecule has 1 nitrogen and oxygen atoms in total. The third-order valence-electron chi connectivity index (χ3n) is 3.10. The molecule has 0 aliphatic heterocycles. The summed E-state index contributed by atoms with van der Waals surface area (Å²) in [5.41, 5.74) is 3.18. The van der Waals surface area contributed by atoms with Gasteiger partial charge in [0.2, 0.25) is 0 Å². The van der Waals surface area contributed by atoms with E-state index in [9.17, 15) is 4.39 Å². The number of halogens is 1. The Morgan fingerprint density at radius 1 is 1.06 bits per heavy atom. The third kappa shape index (κ3) is 3.17. The number of nitrogens with one attached hydrogen (secondary N) is 1. The standard InChI is InChI=1S/C16H18FN/c1-12-7-9-14(10-8-12)11-18-13(2)15-5-3-4-6-16(15)17/h3-10,13,18H,11H2,1-2H3. The number of rotatable bonds is 4. The second-order valence-corrected chi connectivity index (χ2v) is 4.61. The van der Waals surface area contributed by atoms with E-state index < -0.39 is 0 Å². The maximum atomic E-state index is 13.6. The lowest BCUT2D eigenvalue weighted by molar-refractivity contribution is 0.528. The zero-order valence-electron chi connectivity index (χ0n) is 10.8. The van der Waals surface area contributed by atoms with Crippen molar-refractivity contribution in [3.05, 3.63) is 71.0 Å². The summed E-state index contributed by atoms with van der Waals surface area (Å²) in [7, 11) is 0. The van der Waals surface area contributed by atoms with Gasteiger partial charge in [-0.1, -0.05) is 48.0 Å². The third-order valence-corrected chi connectivity index (χ3v) is 3.10. The van der Waals surface area contributed by atoms with Crippen molar-refractivity contribution in [1.82, 2.24) is 5.32 Å². The van der Waals surface area contributed by atoms with Gasteiger partial charge >= 0.3 is 0 Å². The number of aryl methyl sites for hydroxylation is 1. The van der Waals surface area contributed by atoms with E-state index in [0.717, 1.165) is 6.54 Å². The largest absolute Gasteiger partial charge is 0.306 e. The first-order chi connectivity index (χ1) is 8.66. The summed E-state index contributed by atoms with van der Waals surface area (Å²) in [5.74, 6) is -0.151. The predicted octanol–water partition coefficient (Wildman–Crippen LogP) is 3.98. The molecule has 0 radical (unpaired) electrons. The average Bonchev–Trinajstić information content (AvgIpc) is 2.38. The molecule has 2 heteroatoms. The molecule has 0 bridgehead atoms. The van der Waals surface area contributed by atoms with Crippen molar-refractivity contribution in [2.75, 3.05) is 0 Å². The van der Waals surface area contributed by atoms with Gasteiger partial charge in [-0.3, -0.25) is 0 Å². The Morgan fingerprint density at radius 2 is 1.72 bits per heavy atom. The van der Waals surface area contributed by atoms with Gasteiger partial charge in [0.15, 0.2) is 0 Å². The van der Waals surface area contributed by atoms with Crippen LogP contribution in [0.25, 0.3) is 0 Å². The first kappa shape index (κ1) is 12.8. The van der Waals surface area contributed by atoms with E-state index in [1.54, 1.807) is 6.07 Å². The van der Waals surface area contributed by atoms with Crippen molar-refractivity contribution in [1.29, 1.82) is 0 Å². The molecule has 2 aromatic rings. The second kappa shape index (κ2) is 5.78. The van der Waals surface area contributed by atoms with E-state index in [1.165, 1.54) is 17.2 Å². The van der Waals surface area contributed by atoms with Crippen LogP contribution in [0.2, 0.25) is 0 Å². The molecular weight excluding hydrogens is 225 g/mol. The van der Waals surface area contributed by atoms with Crippen LogP contribution in [0.15, 0.2) is 48.5 Å². The normalized spacial score (nSPS) is 12.4. The molecular formula is C16H18FN. The van der Waals surface area contributed by atoms with Crippen LogP contribution in [-0.4, -0.2) is 0 Å². The molecule has 2 rings (SSSR count). The molecule has 1 N–H and O–H groups in total. The zero-order valence-corrected chi connectivity index (χ0v) is 10.8. The molecule has 0 aliphatic carbocycles. The Bertz CT molecular complexity index is 505. The van der Waals surface area contributed by atoms with Crippen LogP contribution < -0.4 is 5.32 Å². The van der Waals surface area contributed by atoms with Gasteiger partial charge in [0, 0.05) is 18.2 Å². The minimum atomic E-state index is -0.151. The molecule has 0 amide bonds. The van der Waals surface area contributed by atoms with Crippen molar-refractivity contribution in [2.45, 2.75) is 26.4 Å². The molecule has 2 aromatic carbocycles. The van der Waals surface area contributed by atoms with Crippen LogP contribution >= 0.6 is 0 Å². The molecule has 1 atom stereocenters. The summed E-state index contributed by atoms with van der Waals surface area (Å²) < 4.78 is 13.6. The van der Waals surface area contributed by atoms with Crippen LogP contribution in [0.3, 0.4) is 0 Å². The van der Waals surface area contributed by atoms with Gasteiger partial charge in [-0.05, 0) is 25.5 Å². The van der Waals surface area contributed by atoms with Crippen LogP contribution in [0.1, 0.15) is 29.7 Å². The second-order valence-electron chi connectivity index (χ2n) is 4.61. The highest BCUT2D eigenvalue weighted by Gasteiger charge is 2.09. The summed E-state index contributed by atoms with van der Waals surface area (Å²) in [6, 6.07) is 15.3. The van der Waals surface area contributed by atoms with Gasteiger partial charge in [0.25, 0.3) is 0 Å². The fourth-order valence-corrected chi connectivity index (χ4v) is 1.91. The van der Waals surface area contributed by atoms with Gasteiger partial charge in [-0.15, -0.1) is 0 Å². The Kier molecular flexibility index (Phi) is 4.11. The van der Waals surface area contributed by atoms with Crippen LogP contribution in [0, 0.1) is 12.7 Å². The number of hydrogen-bond donors (Lipinski definition) is 1. The van der Waals surface area contributed by atoms with Crippen LogP contribution in [-0.2, 0) is 6.54 Å². The van der Waals surface area contributed by atoms with Crippen LogP contribution in [0.4, 0.5) is 4.39 Å². The van der Waals surface area contributed by atoms with Crippen molar-refractivity contribution < 1.29 is 4.39 Å². The van der Waals surface area contributed by atoms with E-state index >= 15 is 0 Å². The quantitative estimate of drug-likeness (QED) is 0.856. The van der Waals surface area contributed by atoms with Gasteiger partial charge in [-0.25, -0.2) is 4.39 Å². The molecule has 0 fully saturated rings. The zero-order chi connectivity index (χ0) is 13.0. The summed E-state index contributed by atoms with van der Waals surface area (Å²) in [4.78, 5) is 0. The molecule has 0 spiro atoms. The van der Waals surface area contributed by atoms with E-state index in [2.05, 4.69) is 36.5 Å². The van der Waals surface area contributed by atoms with E-state index in [-0.39, 0.29) is 11.9 Å². The monoisotopic (exact) mass is 243 g/mol. The van der Waals surface area contributed by atoms with Crippen molar-refractivity contribution in [3.8, 4) is 0 Å². The summed E-state index contributed by atoms with van der Waals surface area (Å²) >= 11 is 0. The fraction of sp³-hybridized carbons (Fsp3) is 0.250. The van der Waals surface area contributed by atoms with Crippen molar-refractivity contribution in [3.63, 3.8) is 0 Å². The van der Waals surface area contributed by atoms with Gasteiger partial charge < -0.3 is 5.32 Å². The molecule has 0 aliphatic rings. The summed E-state index contributed by atoms with van der Waals surface area (Å²) in [6.07, 6.45) is 0. The van der Waals surface area contributed by atoms with Crippen LogP contribution in [0.5, 0.6) is 0 Å². The highest BCUT2D eigenvalue weighted by Crippen LogP contribution is 2.16. The predicted molar refractivity (Wildman–Crippen MR) is 72.8 cm³/mol. The highest BCUT2D eigenvalue weighted by molar-refractivity contribution is 5.23. The van der Waals surface area contributed by atoms with E-state index in [4.69, 9.17) is 0 Å². The lowest BCUT2D eigenvalue weighted by Gasteiger charge is -2.15. The molecule has 1 unspecified atom stereocenters. The molecule has 0 aromatic heterocycles. The summed E-state index contributed by atoms with van der Waals surface area (Å²) in [6.45, 7) is 4.79. The maximum Gasteiger partial charge on any atom is 0.127 e. The molecule has 0 heterocycles. The molecule has 0 saturated heterocycles. The maximum absolute atomic E-state index is 13.6. The Hall–Kier alpha value is -1.67. The van der Waals surface area contributed by atoms with Gasteiger partial charge in [0.1, 0.15) is 5.82 Å². The Balaban J connectivity index is 1.98. The SMILES string of the molecule is Cc1ccc(CNC(C)c2ccccc2F)cc1. The summed E-state index contributed by atoms with van der Waals surface area (Å²) in [5, 5.41) is 3.34. The topological polar surface area (TPSA) is 12.0 Å². The minimum Gasteiger partial charge on any atom is -0.306 e. The Labute approximate surface area is 108 Å². The van der Waals surface area contributed by atoms with Gasteiger partial charge in [-0.2, -0.15) is 0 Å². The molecule has 0 saturated carbocycles. The number of benzene rings is 2. The first-order valence-electron chi connectivity index (χ1n) is 6.20. The molecule has 94 valence electrons. The lowest BCUT2D eigenvalue weighted by Crippen LogP contribution is -2.19. The van der Waals surface area contributed by atoms with Crippen molar-refractivity contribution >= 4 is 0 Å². The van der Waals surface area contributed by atoms with Gasteiger partial charge in [0.05, 0.1) is 0 Å². The fourth-order valence-electron chi connectivity index (χ4n) is 1.91. The Morgan fingerprint density at radius 3 is 2.39 bits per heavy atom. The minimum absolute atomic E-state index is 0.00695. The average molecular weight is 243 g/mol. The number of hydrogen-bond acceptors (Lipinski definition) is 1. The lowest BCUT2D eigenvalue weighted by atomic mass is 10.1. The smallest absolute Gasteiger partial charge is 0.127 e. The van der Waals surface area contributed by atoms with E-state index in [0.29, 0.717) is 5.56 Å². The highest BCUT2D eigenvalue weighted by atomic mass is 19.1. The molecule has 18 heavy (non-hydrogen) atoms. The first-order valence-corrected chi connectivity index (χ1v) is 6.20.